The van der Waals surface area contributed by atoms with Crippen LogP contribution in [0.1, 0.15) is 76.2 Å². The van der Waals surface area contributed by atoms with E-state index >= 15 is 0 Å². The molecule has 4 nitrogen and oxygen atoms in total. The highest BCUT2D eigenvalue weighted by molar-refractivity contribution is 8.13. The molecule has 0 aromatic carbocycles. The van der Waals surface area contributed by atoms with E-state index in [0.717, 1.165) is 37.3 Å². The summed E-state index contributed by atoms with van der Waals surface area (Å²) in [6, 6.07) is 0.836. The van der Waals surface area contributed by atoms with Crippen LogP contribution >= 0.6 is 11.8 Å². The van der Waals surface area contributed by atoms with Crippen LogP contribution in [0.5, 0.6) is 0 Å². The fourth-order valence-electron chi connectivity index (χ4n) is 5.11. The molecule has 1 saturated carbocycles. The molecular formula is C23H39N3OS. The zero-order valence-corrected chi connectivity index (χ0v) is 18.8. The number of nitrogens with zero attached hydrogens (tertiary/aromatic N) is 3. The van der Waals surface area contributed by atoms with Crippen LogP contribution in [-0.2, 0) is 11.3 Å². The fourth-order valence-corrected chi connectivity index (χ4v) is 5.46. The van der Waals surface area contributed by atoms with Crippen molar-refractivity contribution in [2.45, 2.75) is 90.1 Å². The Labute approximate surface area is 175 Å². The first-order valence-electron chi connectivity index (χ1n) is 11.4. The van der Waals surface area contributed by atoms with Gasteiger partial charge in [0.2, 0.25) is 0 Å². The largest absolute Gasteiger partial charge is 0.300 e. The lowest BCUT2D eigenvalue weighted by Gasteiger charge is -2.41. The Morgan fingerprint density at radius 2 is 1.82 bits per heavy atom. The van der Waals surface area contributed by atoms with Crippen LogP contribution < -0.4 is 0 Å². The Hall–Kier alpha value is -0.810. The van der Waals surface area contributed by atoms with E-state index in [1.165, 1.54) is 88.2 Å². The first kappa shape index (κ1) is 21.9. The van der Waals surface area contributed by atoms with Crippen molar-refractivity contribution in [1.29, 1.82) is 0 Å². The molecule has 5 heteroatoms. The summed E-state index contributed by atoms with van der Waals surface area (Å²) in [6.07, 6.45) is 20.1. The average molecular weight is 406 g/mol. The fraction of sp³-hybridized carbons (Fsp3) is 0.826. The molecule has 0 unspecified atom stereocenters. The smallest absolute Gasteiger partial charge is 0.188 e. The van der Waals surface area contributed by atoms with Gasteiger partial charge in [-0.05, 0) is 88.6 Å². The number of aromatic nitrogens is 2. The lowest BCUT2D eigenvalue weighted by atomic mass is 9.81. The Bertz CT molecular complexity index is 586. The second-order valence-corrected chi connectivity index (χ2v) is 9.93. The zero-order valence-electron chi connectivity index (χ0n) is 17.9. The van der Waals surface area contributed by atoms with Crippen LogP contribution in [-0.4, -0.2) is 45.2 Å². The van der Waals surface area contributed by atoms with Crippen molar-refractivity contribution < 1.29 is 4.79 Å². The summed E-state index contributed by atoms with van der Waals surface area (Å²) in [6.45, 7) is 5.78. The summed E-state index contributed by atoms with van der Waals surface area (Å²) >= 11 is 1.38. The number of hydrogen-bond donors (Lipinski definition) is 0. The van der Waals surface area contributed by atoms with Gasteiger partial charge in [0.15, 0.2) is 5.12 Å². The number of rotatable bonds is 9. The van der Waals surface area contributed by atoms with Crippen LogP contribution in [0.3, 0.4) is 0 Å². The lowest BCUT2D eigenvalue weighted by molar-refractivity contribution is -0.111. The van der Waals surface area contributed by atoms with E-state index in [0.29, 0.717) is 5.12 Å². The van der Waals surface area contributed by atoms with Crippen molar-refractivity contribution in [3.05, 3.63) is 18.0 Å². The second-order valence-electron chi connectivity index (χ2n) is 9.07. The van der Waals surface area contributed by atoms with E-state index in [1.54, 1.807) is 0 Å². The maximum atomic E-state index is 11.3. The predicted octanol–water partition coefficient (Wildman–Crippen LogP) is 5.30. The van der Waals surface area contributed by atoms with Gasteiger partial charge in [-0.15, -0.1) is 0 Å². The molecule has 0 spiro atoms. The topological polar surface area (TPSA) is 38.1 Å². The maximum Gasteiger partial charge on any atom is 0.188 e. The highest BCUT2D eigenvalue weighted by Crippen LogP contribution is 2.33. The molecule has 1 aliphatic heterocycles. The number of piperidine rings is 1. The summed E-state index contributed by atoms with van der Waals surface area (Å²) in [5.41, 5.74) is 1.27. The van der Waals surface area contributed by atoms with Gasteiger partial charge >= 0.3 is 0 Å². The molecular weight excluding hydrogens is 366 g/mol. The minimum absolute atomic E-state index is 0.351. The summed E-state index contributed by atoms with van der Waals surface area (Å²) in [5.74, 6) is 1.73. The van der Waals surface area contributed by atoms with E-state index in [2.05, 4.69) is 27.8 Å². The molecule has 28 heavy (non-hydrogen) atoms. The summed E-state index contributed by atoms with van der Waals surface area (Å²) in [5, 5.41) is 4.81. The van der Waals surface area contributed by atoms with Crippen molar-refractivity contribution in [3.8, 4) is 0 Å². The van der Waals surface area contributed by atoms with Crippen LogP contribution in [0.15, 0.2) is 12.4 Å². The molecule has 1 aliphatic carbocycles. The summed E-state index contributed by atoms with van der Waals surface area (Å²) in [7, 11) is 0. The normalized spacial score (nSPS) is 24.5. The molecule has 2 heterocycles. The minimum Gasteiger partial charge on any atom is -0.300 e. The third-order valence-corrected chi connectivity index (χ3v) is 7.57. The Morgan fingerprint density at radius 1 is 1.07 bits per heavy atom. The van der Waals surface area contributed by atoms with Gasteiger partial charge < -0.3 is 4.90 Å². The zero-order chi connectivity index (χ0) is 19.8. The molecule has 1 aromatic heterocycles. The third-order valence-electron chi connectivity index (χ3n) is 6.91. The first-order chi connectivity index (χ1) is 13.6. The van der Waals surface area contributed by atoms with Crippen LogP contribution in [0, 0.1) is 18.8 Å². The SMILES string of the molecule is CSC(=O)CCCCCC1CCC(N2CCC(Cn3cc(C)cn3)CC2)CC1. The quantitative estimate of drug-likeness (QED) is 0.522. The van der Waals surface area contributed by atoms with Crippen molar-refractivity contribution >= 4 is 16.9 Å². The molecule has 1 aromatic rings. The van der Waals surface area contributed by atoms with Crippen LogP contribution in [0.25, 0.3) is 0 Å². The molecule has 0 N–H and O–H groups in total. The summed E-state index contributed by atoms with van der Waals surface area (Å²) in [4.78, 5) is 14.1. The molecule has 2 fully saturated rings. The monoisotopic (exact) mass is 405 g/mol. The number of carbonyl (C=O) groups is 1. The highest BCUT2D eigenvalue weighted by atomic mass is 32.2. The van der Waals surface area contributed by atoms with Crippen LogP contribution in [0.4, 0.5) is 0 Å². The van der Waals surface area contributed by atoms with E-state index in [9.17, 15) is 4.79 Å². The molecule has 0 atom stereocenters. The van der Waals surface area contributed by atoms with Gasteiger partial charge in [-0.3, -0.25) is 9.48 Å². The van der Waals surface area contributed by atoms with Gasteiger partial charge in [-0.25, -0.2) is 0 Å². The molecule has 158 valence electrons. The van der Waals surface area contributed by atoms with Gasteiger partial charge in [-0.1, -0.05) is 31.0 Å². The van der Waals surface area contributed by atoms with Gasteiger partial charge in [0.25, 0.3) is 0 Å². The van der Waals surface area contributed by atoms with Gasteiger partial charge in [0.1, 0.15) is 0 Å². The minimum atomic E-state index is 0.351. The Morgan fingerprint density at radius 3 is 2.46 bits per heavy atom. The van der Waals surface area contributed by atoms with Crippen molar-refractivity contribution in [1.82, 2.24) is 14.7 Å². The van der Waals surface area contributed by atoms with Crippen LogP contribution in [0.2, 0.25) is 0 Å². The van der Waals surface area contributed by atoms with E-state index in [-0.39, 0.29) is 0 Å². The molecule has 0 bridgehead atoms. The third kappa shape index (κ3) is 6.91. The Kier molecular flexibility index (Phi) is 8.91. The van der Waals surface area contributed by atoms with Gasteiger partial charge in [0, 0.05) is 25.2 Å². The van der Waals surface area contributed by atoms with E-state index < -0.39 is 0 Å². The van der Waals surface area contributed by atoms with Gasteiger partial charge in [0.05, 0.1) is 6.20 Å². The number of hydrogen-bond acceptors (Lipinski definition) is 4. The molecule has 2 aliphatic rings. The average Bonchev–Trinajstić information content (AvgIpc) is 3.13. The molecule has 1 saturated heterocycles. The van der Waals surface area contributed by atoms with E-state index in [4.69, 9.17) is 0 Å². The first-order valence-corrected chi connectivity index (χ1v) is 12.7. The predicted molar refractivity (Wildman–Crippen MR) is 119 cm³/mol. The van der Waals surface area contributed by atoms with E-state index in [1.807, 2.05) is 12.5 Å². The van der Waals surface area contributed by atoms with Gasteiger partial charge in [-0.2, -0.15) is 5.10 Å². The van der Waals surface area contributed by atoms with Crippen molar-refractivity contribution in [2.75, 3.05) is 19.3 Å². The number of thioether (sulfide) groups is 1. The summed E-state index contributed by atoms with van der Waals surface area (Å²) < 4.78 is 2.14. The lowest BCUT2D eigenvalue weighted by Crippen LogP contribution is -2.43. The molecule has 0 radical (unpaired) electrons. The van der Waals surface area contributed by atoms with Crippen molar-refractivity contribution in [3.63, 3.8) is 0 Å². The number of unbranched alkanes of at least 4 members (excludes halogenated alkanes) is 2. The maximum absolute atomic E-state index is 11.3. The number of likely N-dealkylation sites (tertiary alicyclic amines) is 1. The number of carbonyl (C=O) groups excluding carboxylic acids is 1. The Balaban J connectivity index is 1.27. The van der Waals surface area contributed by atoms with Crippen molar-refractivity contribution in [2.24, 2.45) is 11.8 Å². The molecule has 0 amide bonds. The molecule has 3 rings (SSSR count). The number of aryl methyl sites for hydroxylation is 1. The standard InChI is InChI=1S/C23H39N3OS/c1-19-16-24-26(17-19)18-21-12-14-25(15-13-21)22-10-8-20(9-11-22)6-4-3-5-7-23(27)28-2/h16-17,20-22H,3-15,18H2,1-2H3. The second kappa shape index (κ2) is 11.4. The highest BCUT2D eigenvalue weighted by Gasteiger charge is 2.29.